The molecule has 0 aliphatic heterocycles. The van der Waals surface area contributed by atoms with Crippen molar-refractivity contribution >= 4 is 0 Å². The molecule has 102 valence electrons. The number of hydrogen-bond acceptors (Lipinski definition) is 4. The molecule has 19 heavy (non-hydrogen) atoms. The molecule has 0 unspecified atom stereocenters. The number of ether oxygens (including phenoxy) is 2. The quantitative estimate of drug-likeness (QED) is 0.860. The van der Waals surface area contributed by atoms with Gasteiger partial charge < -0.3 is 14.8 Å². The average Bonchev–Trinajstić information content (AvgIpc) is 2.84. The third-order valence-corrected chi connectivity index (χ3v) is 2.86. The first-order chi connectivity index (χ1) is 9.22. The van der Waals surface area contributed by atoms with Gasteiger partial charge in [-0.1, -0.05) is 6.07 Å². The molecule has 0 saturated carbocycles. The molecule has 2 aromatic rings. The van der Waals surface area contributed by atoms with Crippen LogP contribution in [0, 0.1) is 0 Å². The molecule has 0 fully saturated rings. The summed E-state index contributed by atoms with van der Waals surface area (Å²) >= 11 is 0. The summed E-state index contributed by atoms with van der Waals surface area (Å²) in [5, 5.41) is 7.50. The van der Waals surface area contributed by atoms with Gasteiger partial charge in [0.05, 0.1) is 20.4 Å². The topological polar surface area (TPSA) is 48.3 Å². The lowest BCUT2D eigenvalue weighted by molar-refractivity contribution is 0.354. The number of hydrogen-bond donors (Lipinski definition) is 1. The van der Waals surface area contributed by atoms with E-state index < -0.39 is 0 Å². The second kappa shape index (κ2) is 6.24. The van der Waals surface area contributed by atoms with Gasteiger partial charge in [0.15, 0.2) is 11.5 Å². The molecule has 0 radical (unpaired) electrons. The lowest BCUT2D eigenvalue weighted by Crippen LogP contribution is -2.12. The summed E-state index contributed by atoms with van der Waals surface area (Å²) in [7, 11) is 5.20. The number of nitrogens with one attached hydrogen (secondary N) is 1. The Kier molecular flexibility index (Phi) is 4.41. The van der Waals surface area contributed by atoms with Crippen molar-refractivity contribution in [3.8, 4) is 11.5 Å². The Morgan fingerprint density at radius 3 is 2.47 bits per heavy atom. The van der Waals surface area contributed by atoms with E-state index in [-0.39, 0.29) is 0 Å². The Morgan fingerprint density at radius 1 is 1.11 bits per heavy atom. The third-order valence-electron chi connectivity index (χ3n) is 2.86. The fourth-order valence-corrected chi connectivity index (χ4v) is 1.90. The van der Waals surface area contributed by atoms with Gasteiger partial charge in [0, 0.05) is 31.9 Å². The summed E-state index contributed by atoms with van der Waals surface area (Å²) in [6.07, 6.45) is 3.86. The summed E-state index contributed by atoms with van der Waals surface area (Å²) < 4.78 is 12.3. The van der Waals surface area contributed by atoms with Gasteiger partial charge in [0.25, 0.3) is 0 Å². The Hall–Kier alpha value is -2.01. The van der Waals surface area contributed by atoms with Gasteiger partial charge in [-0.2, -0.15) is 5.10 Å². The Bertz CT molecular complexity index is 537. The first kappa shape index (κ1) is 13.4. The van der Waals surface area contributed by atoms with Crippen molar-refractivity contribution in [2.45, 2.75) is 13.1 Å². The van der Waals surface area contributed by atoms with Crippen LogP contribution in [0.2, 0.25) is 0 Å². The average molecular weight is 261 g/mol. The number of rotatable bonds is 6. The standard InChI is InChI=1S/C14H19N3O2/c1-17-10-12(9-16-17)8-15-7-11-4-5-13(18-2)14(6-11)19-3/h4-6,9-10,15H,7-8H2,1-3H3. The van der Waals surface area contributed by atoms with Crippen LogP contribution >= 0.6 is 0 Å². The smallest absolute Gasteiger partial charge is 0.161 e. The lowest BCUT2D eigenvalue weighted by atomic mass is 10.2. The molecule has 0 spiro atoms. The molecule has 1 N–H and O–H groups in total. The minimum absolute atomic E-state index is 0.749. The van der Waals surface area contributed by atoms with Crippen LogP contribution in [0.3, 0.4) is 0 Å². The van der Waals surface area contributed by atoms with E-state index in [1.165, 1.54) is 5.56 Å². The van der Waals surface area contributed by atoms with E-state index in [9.17, 15) is 0 Å². The van der Waals surface area contributed by atoms with Crippen molar-refractivity contribution in [1.29, 1.82) is 0 Å². The molecule has 2 rings (SSSR count). The number of aromatic nitrogens is 2. The summed E-state index contributed by atoms with van der Waals surface area (Å²) in [6.45, 7) is 1.57. The number of benzene rings is 1. The van der Waals surface area contributed by atoms with Gasteiger partial charge in [-0.05, 0) is 17.7 Å². The van der Waals surface area contributed by atoms with Crippen LogP contribution in [0.4, 0.5) is 0 Å². The Morgan fingerprint density at radius 2 is 1.84 bits per heavy atom. The fourth-order valence-electron chi connectivity index (χ4n) is 1.90. The third kappa shape index (κ3) is 3.48. The van der Waals surface area contributed by atoms with E-state index in [1.54, 1.807) is 18.9 Å². The summed E-state index contributed by atoms with van der Waals surface area (Å²) in [5.41, 5.74) is 2.32. The minimum atomic E-state index is 0.749. The molecular formula is C14H19N3O2. The highest BCUT2D eigenvalue weighted by molar-refractivity contribution is 5.42. The summed E-state index contributed by atoms with van der Waals surface area (Å²) in [4.78, 5) is 0. The monoisotopic (exact) mass is 261 g/mol. The largest absolute Gasteiger partial charge is 0.493 e. The second-order valence-electron chi connectivity index (χ2n) is 4.32. The fraction of sp³-hybridized carbons (Fsp3) is 0.357. The van der Waals surface area contributed by atoms with Gasteiger partial charge in [0.2, 0.25) is 0 Å². The van der Waals surface area contributed by atoms with E-state index in [1.807, 2.05) is 37.6 Å². The molecular weight excluding hydrogens is 242 g/mol. The van der Waals surface area contributed by atoms with Crippen LogP contribution in [-0.2, 0) is 20.1 Å². The van der Waals surface area contributed by atoms with Crippen LogP contribution in [0.15, 0.2) is 30.6 Å². The minimum Gasteiger partial charge on any atom is -0.493 e. The number of nitrogens with zero attached hydrogens (tertiary/aromatic N) is 2. The van der Waals surface area contributed by atoms with E-state index in [2.05, 4.69) is 10.4 Å². The number of methoxy groups -OCH3 is 2. The molecule has 5 heteroatoms. The van der Waals surface area contributed by atoms with Crippen molar-refractivity contribution in [1.82, 2.24) is 15.1 Å². The maximum Gasteiger partial charge on any atom is 0.161 e. The zero-order valence-electron chi connectivity index (χ0n) is 11.5. The van der Waals surface area contributed by atoms with Crippen LogP contribution in [-0.4, -0.2) is 24.0 Å². The summed E-state index contributed by atoms with van der Waals surface area (Å²) in [6, 6.07) is 5.92. The van der Waals surface area contributed by atoms with Gasteiger partial charge in [-0.25, -0.2) is 0 Å². The predicted molar refractivity (Wildman–Crippen MR) is 73.3 cm³/mol. The highest BCUT2D eigenvalue weighted by atomic mass is 16.5. The van der Waals surface area contributed by atoms with Crippen LogP contribution in [0.1, 0.15) is 11.1 Å². The maximum absolute atomic E-state index is 5.28. The molecule has 0 saturated heterocycles. The molecule has 0 bridgehead atoms. The zero-order chi connectivity index (χ0) is 13.7. The Balaban J connectivity index is 1.92. The maximum atomic E-state index is 5.28. The van der Waals surface area contributed by atoms with Crippen LogP contribution in [0.5, 0.6) is 11.5 Å². The van der Waals surface area contributed by atoms with Gasteiger partial charge in [0.1, 0.15) is 0 Å². The molecule has 1 heterocycles. The molecule has 0 aliphatic carbocycles. The van der Waals surface area contributed by atoms with E-state index in [4.69, 9.17) is 9.47 Å². The molecule has 5 nitrogen and oxygen atoms in total. The first-order valence-electron chi connectivity index (χ1n) is 6.12. The van der Waals surface area contributed by atoms with Crippen molar-refractivity contribution < 1.29 is 9.47 Å². The van der Waals surface area contributed by atoms with Gasteiger partial charge in [-0.15, -0.1) is 0 Å². The van der Waals surface area contributed by atoms with Crippen LogP contribution < -0.4 is 14.8 Å². The lowest BCUT2D eigenvalue weighted by Gasteiger charge is -2.10. The normalized spacial score (nSPS) is 10.5. The second-order valence-corrected chi connectivity index (χ2v) is 4.32. The zero-order valence-corrected chi connectivity index (χ0v) is 11.5. The highest BCUT2D eigenvalue weighted by Crippen LogP contribution is 2.27. The molecule has 0 atom stereocenters. The predicted octanol–water partition coefficient (Wildman–Crippen LogP) is 1.73. The molecule has 1 aromatic carbocycles. The van der Waals surface area contributed by atoms with E-state index in [0.29, 0.717) is 0 Å². The van der Waals surface area contributed by atoms with Gasteiger partial charge in [-0.3, -0.25) is 4.68 Å². The highest BCUT2D eigenvalue weighted by Gasteiger charge is 2.04. The molecule has 0 amide bonds. The van der Waals surface area contributed by atoms with Crippen molar-refractivity contribution in [2.24, 2.45) is 7.05 Å². The summed E-state index contributed by atoms with van der Waals surface area (Å²) in [5.74, 6) is 1.50. The molecule has 0 aliphatic rings. The van der Waals surface area contributed by atoms with E-state index in [0.717, 1.165) is 30.2 Å². The van der Waals surface area contributed by atoms with Crippen LogP contribution in [0.25, 0.3) is 0 Å². The van der Waals surface area contributed by atoms with Crippen molar-refractivity contribution in [3.05, 3.63) is 41.7 Å². The van der Waals surface area contributed by atoms with E-state index >= 15 is 0 Å². The molecule has 1 aromatic heterocycles. The Labute approximate surface area is 113 Å². The van der Waals surface area contributed by atoms with Crippen molar-refractivity contribution in [3.63, 3.8) is 0 Å². The first-order valence-corrected chi connectivity index (χ1v) is 6.12. The number of aryl methyl sites for hydroxylation is 1. The van der Waals surface area contributed by atoms with Gasteiger partial charge >= 0.3 is 0 Å². The SMILES string of the molecule is COc1ccc(CNCc2cnn(C)c2)cc1OC. The van der Waals surface area contributed by atoms with Crippen molar-refractivity contribution in [2.75, 3.05) is 14.2 Å².